The lowest BCUT2D eigenvalue weighted by molar-refractivity contribution is 0.0735. The van der Waals surface area contributed by atoms with Crippen LogP contribution in [0.15, 0.2) is 24.3 Å². The van der Waals surface area contributed by atoms with Gasteiger partial charge in [0.25, 0.3) is 5.91 Å². The predicted octanol–water partition coefficient (Wildman–Crippen LogP) is 1.59. The van der Waals surface area contributed by atoms with E-state index in [2.05, 4.69) is 11.6 Å². The van der Waals surface area contributed by atoms with Crippen LogP contribution in [0.2, 0.25) is 0 Å². The van der Waals surface area contributed by atoms with Crippen LogP contribution in [0.5, 0.6) is 0 Å². The minimum atomic E-state index is 0.177. The monoisotopic (exact) mass is 250 g/mol. The maximum atomic E-state index is 12.4. The van der Waals surface area contributed by atoms with Gasteiger partial charge in [-0.3, -0.25) is 4.79 Å². The van der Waals surface area contributed by atoms with E-state index in [0.29, 0.717) is 0 Å². The van der Waals surface area contributed by atoms with E-state index in [1.165, 1.54) is 0 Å². The van der Waals surface area contributed by atoms with E-state index >= 15 is 0 Å². The van der Waals surface area contributed by atoms with E-state index in [4.69, 9.17) is 0 Å². The third-order valence-electron chi connectivity index (χ3n) is 2.95. The Labute approximate surface area is 107 Å². The van der Waals surface area contributed by atoms with Gasteiger partial charge < -0.3 is 10.2 Å². The second kappa shape index (κ2) is 6.07. The summed E-state index contributed by atoms with van der Waals surface area (Å²) in [5.74, 6) is 1.07. The van der Waals surface area contributed by atoms with E-state index in [1.807, 2.05) is 29.2 Å². The molecule has 2 rings (SSSR count). The van der Waals surface area contributed by atoms with Crippen LogP contribution in [0.25, 0.3) is 0 Å². The second-order valence-electron chi connectivity index (χ2n) is 4.13. The van der Waals surface area contributed by atoms with Gasteiger partial charge in [-0.2, -0.15) is 11.8 Å². The average Bonchev–Trinajstić information content (AvgIpc) is 2.40. The van der Waals surface area contributed by atoms with E-state index in [-0.39, 0.29) is 5.91 Å². The van der Waals surface area contributed by atoms with Crippen molar-refractivity contribution in [1.82, 2.24) is 10.2 Å². The molecular weight excluding hydrogens is 232 g/mol. The van der Waals surface area contributed by atoms with Crippen molar-refractivity contribution in [2.75, 3.05) is 32.4 Å². The van der Waals surface area contributed by atoms with Gasteiger partial charge in [0.15, 0.2) is 0 Å². The summed E-state index contributed by atoms with van der Waals surface area (Å²) in [5, 5.41) is 3.26. The van der Waals surface area contributed by atoms with Crippen LogP contribution in [-0.2, 0) is 5.75 Å². The highest BCUT2D eigenvalue weighted by Crippen LogP contribution is 2.17. The molecule has 1 heterocycles. The van der Waals surface area contributed by atoms with Crippen molar-refractivity contribution in [3.05, 3.63) is 35.4 Å². The molecule has 0 aromatic heterocycles. The van der Waals surface area contributed by atoms with Gasteiger partial charge in [0.05, 0.1) is 0 Å². The Kier molecular flexibility index (Phi) is 4.45. The van der Waals surface area contributed by atoms with Crippen molar-refractivity contribution in [1.29, 1.82) is 0 Å². The zero-order chi connectivity index (χ0) is 12.1. The Balaban J connectivity index is 2.17. The number of rotatable bonds is 3. The smallest absolute Gasteiger partial charge is 0.254 e. The Hall–Kier alpha value is -1.00. The fraction of sp³-hybridized carbons (Fsp3) is 0.462. The van der Waals surface area contributed by atoms with Crippen LogP contribution in [0, 0.1) is 0 Å². The van der Waals surface area contributed by atoms with Gasteiger partial charge in [-0.15, -0.1) is 0 Å². The molecule has 1 aromatic rings. The topological polar surface area (TPSA) is 32.3 Å². The first-order valence-corrected chi connectivity index (χ1v) is 7.29. The summed E-state index contributed by atoms with van der Waals surface area (Å²) >= 11 is 1.75. The predicted molar refractivity (Wildman–Crippen MR) is 72.4 cm³/mol. The largest absolute Gasteiger partial charge is 0.336 e. The third-order valence-corrected chi connectivity index (χ3v) is 3.55. The summed E-state index contributed by atoms with van der Waals surface area (Å²) in [6.07, 6.45) is 2.06. The van der Waals surface area contributed by atoms with Crippen molar-refractivity contribution in [3.8, 4) is 0 Å². The van der Waals surface area contributed by atoms with Gasteiger partial charge in [0.1, 0.15) is 0 Å². The maximum Gasteiger partial charge on any atom is 0.254 e. The number of hydrogen-bond donors (Lipinski definition) is 1. The number of amides is 1. The molecule has 1 aliphatic heterocycles. The van der Waals surface area contributed by atoms with Crippen molar-refractivity contribution in [2.45, 2.75) is 5.75 Å². The Morgan fingerprint density at radius 1 is 1.35 bits per heavy atom. The molecule has 0 spiro atoms. The van der Waals surface area contributed by atoms with Crippen LogP contribution >= 0.6 is 11.8 Å². The van der Waals surface area contributed by atoms with Gasteiger partial charge in [0.2, 0.25) is 0 Å². The normalized spacial score (nSPS) is 15.9. The van der Waals surface area contributed by atoms with Crippen LogP contribution in [0.3, 0.4) is 0 Å². The first-order valence-electron chi connectivity index (χ1n) is 5.90. The summed E-state index contributed by atoms with van der Waals surface area (Å²) in [6, 6.07) is 7.93. The van der Waals surface area contributed by atoms with Gasteiger partial charge in [-0.05, 0) is 17.9 Å². The molecule has 4 heteroatoms. The first-order chi connectivity index (χ1) is 8.33. The molecule has 1 fully saturated rings. The Morgan fingerprint density at radius 3 is 2.76 bits per heavy atom. The summed E-state index contributed by atoms with van der Waals surface area (Å²) in [7, 11) is 0. The Bertz CT molecular complexity index is 389. The highest BCUT2D eigenvalue weighted by Gasteiger charge is 2.19. The number of hydrogen-bond acceptors (Lipinski definition) is 3. The molecule has 92 valence electrons. The van der Waals surface area contributed by atoms with Crippen LogP contribution < -0.4 is 5.32 Å². The maximum absolute atomic E-state index is 12.4. The minimum Gasteiger partial charge on any atom is -0.336 e. The van der Waals surface area contributed by atoms with Gasteiger partial charge >= 0.3 is 0 Å². The minimum absolute atomic E-state index is 0.177. The molecule has 0 radical (unpaired) electrons. The summed E-state index contributed by atoms with van der Waals surface area (Å²) < 4.78 is 0. The number of nitrogens with one attached hydrogen (secondary N) is 1. The SMILES string of the molecule is CSCc1ccccc1C(=O)N1CCNCC1. The average molecular weight is 250 g/mol. The van der Waals surface area contributed by atoms with Crippen molar-refractivity contribution in [2.24, 2.45) is 0 Å². The summed E-state index contributed by atoms with van der Waals surface area (Å²) in [4.78, 5) is 14.3. The third kappa shape index (κ3) is 3.01. The molecule has 0 bridgehead atoms. The summed E-state index contributed by atoms with van der Waals surface area (Å²) in [6.45, 7) is 3.42. The fourth-order valence-electron chi connectivity index (χ4n) is 2.05. The number of piperazine rings is 1. The molecule has 0 saturated carbocycles. The number of benzene rings is 1. The molecule has 1 saturated heterocycles. The molecule has 17 heavy (non-hydrogen) atoms. The molecule has 1 aliphatic rings. The molecule has 0 atom stereocenters. The van der Waals surface area contributed by atoms with Crippen LogP contribution in [0.1, 0.15) is 15.9 Å². The van der Waals surface area contributed by atoms with Crippen LogP contribution in [-0.4, -0.2) is 43.2 Å². The van der Waals surface area contributed by atoms with E-state index < -0.39 is 0 Å². The Morgan fingerprint density at radius 2 is 2.06 bits per heavy atom. The lowest BCUT2D eigenvalue weighted by atomic mass is 10.1. The number of carbonyl (C=O) groups is 1. The van der Waals surface area contributed by atoms with Crippen molar-refractivity contribution >= 4 is 17.7 Å². The number of thioether (sulfide) groups is 1. The fourth-order valence-corrected chi connectivity index (χ4v) is 2.61. The quantitative estimate of drug-likeness (QED) is 0.884. The molecule has 0 aliphatic carbocycles. The lowest BCUT2D eigenvalue weighted by Crippen LogP contribution is -2.46. The molecule has 1 aromatic carbocycles. The van der Waals surface area contributed by atoms with E-state index in [9.17, 15) is 4.79 Å². The van der Waals surface area contributed by atoms with Gasteiger partial charge in [-0.25, -0.2) is 0 Å². The second-order valence-corrected chi connectivity index (χ2v) is 5.00. The lowest BCUT2D eigenvalue weighted by Gasteiger charge is -2.28. The highest BCUT2D eigenvalue weighted by molar-refractivity contribution is 7.97. The van der Waals surface area contributed by atoms with Gasteiger partial charge in [0, 0.05) is 37.5 Å². The van der Waals surface area contributed by atoms with E-state index in [0.717, 1.165) is 43.1 Å². The van der Waals surface area contributed by atoms with Crippen LogP contribution in [0.4, 0.5) is 0 Å². The first kappa shape index (κ1) is 12.5. The van der Waals surface area contributed by atoms with Crippen molar-refractivity contribution < 1.29 is 4.79 Å². The standard InChI is InChI=1S/C13H18N2OS/c1-17-10-11-4-2-3-5-12(11)13(16)15-8-6-14-7-9-15/h2-5,14H,6-10H2,1H3. The zero-order valence-electron chi connectivity index (χ0n) is 10.1. The number of carbonyl (C=O) groups excluding carboxylic acids is 1. The van der Waals surface area contributed by atoms with Gasteiger partial charge in [-0.1, -0.05) is 18.2 Å². The van der Waals surface area contributed by atoms with E-state index in [1.54, 1.807) is 11.8 Å². The summed E-state index contributed by atoms with van der Waals surface area (Å²) in [5.41, 5.74) is 2.01. The molecule has 1 N–H and O–H groups in total. The molecule has 0 unspecified atom stereocenters. The molecular formula is C13H18N2OS. The highest BCUT2D eigenvalue weighted by atomic mass is 32.2. The number of nitrogens with zero attached hydrogens (tertiary/aromatic N) is 1. The molecule has 1 amide bonds. The molecule has 3 nitrogen and oxygen atoms in total. The zero-order valence-corrected chi connectivity index (χ0v) is 10.9. The van der Waals surface area contributed by atoms with Crippen molar-refractivity contribution in [3.63, 3.8) is 0 Å².